The van der Waals surface area contributed by atoms with Gasteiger partial charge in [-0.15, -0.1) is 0 Å². The van der Waals surface area contributed by atoms with Crippen LogP contribution in [0.5, 0.6) is 0 Å². The Kier molecular flexibility index (Phi) is 6.49. The molecule has 3 rings (SSSR count). The Morgan fingerprint density at radius 2 is 1.79 bits per heavy atom. The van der Waals surface area contributed by atoms with E-state index < -0.39 is 15.9 Å². The van der Waals surface area contributed by atoms with Crippen molar-refractivity contribution in [2.45, 2.75) is 37.2 Å². The Morgan fingerprint density at radius 1 is 1.14 bits per heavy atom. The van der Waals surface area contributed by atoms with Crippen molar-refractivity contribution in [1.82, 2.24) is 20.0 Å². The second kappa shape index (κ2) is 8.87. The second-order valence-corrected chi connectivity index (χ2v) is 9.29. The topological polar surface area (TPSA) is 104 Å². The zero-order valence-corrected chi connectivity index (χ0v) is 17.5. The Hall–Kier alpha value is -2.52. The molecule has 29 heavy (non-hydrogen) atoms. The molecule has 1 aromatic carbocycles. The Labute approximate surface area is 171 Å². The van der Waals surface area contributed by atoms with Gasteiger partial charge in [-0.2, -0.15) is 10.2 Å². The van der Waals surface area contributed by atoms with Gasteiger partial charge >= 0.3 is 6.09 Å². The summed E-state index contributed by atoms with van der Waals surface area (Å²) < 4.78 is 23.1. The zero-order valence-electron chi connectivity index (χ0n) is 16.7. The van der Waals surface area contributed by atoms with Crippen LogP contribution in [0.2, 0.25) is 0 Å². The van der Waals surface area contributed by atoms with Gasteiger partial charge in [0.2, 0.25) is 0 Å². The number of rotatable bonds is 6. The summed E-state index contributed by atoms with van der Waals surface area (Å²) in [6, 6.07) is 10.8. The first kappa shape index (κ1) is 21.2. The van der Waals surface area contributed by atoms with E-state index in [9.17, 15) is 13.2 Å². The molecule has 1 amide bonds. The molecule has 0 unspecified atom stereocenters. The summed E-state index contributed by atoms with van der Waals surface area (Å²) in [5.41, 5.74) is 2.35. The number of aromatic nitrogens is 2. The van der Waals surface area contributed by atoms with Gasteiger partial charge in [-0.05, 0) is 43.7 Å². The summed E-state index contributed by atoms with van der Waals surface area (Å²) in [5, 5.41) is 17.7. The fourth-order valence-corrected chi connectivity index (χ4v) is 4.23. The average molecular weight is 419 g/mol. The number of hydrogen-bond acceptors (Lipinski definition) is 6. The van der Waals surface area contributed by atoms with Gasteiger partial charge in [0, 0.05) is 37.5 Å². The summed E-state index contributed by atoms with van der Waals surface area (Å²) in [5.74, 6) is 0. The Balaban J connectivity index is 1.64. The first-order chi connectivity index (χ1) is 13.8. The minimum absolute atomic E-state index is 0.276. The van der Waals surface area contributed by atoms with Gasteiger partial charge in [0.1, 0.15) is 0 Å². The molecule has 1 aliphatic heterocycles. The molecule has 1 aromatic heterocycles. The van der Waals surface area contributed by atoms with Crippen molar-refractivity contribution in [3.05, 3.63) is 42.1 Å². The van der Waals surface area contributed by atoms with Gasteiger partial charge in [0.25, 0.3) is 0 Å². The first-order valence-corrected chi connectivity index (χ1v) is 11.5. The third-order valence-corrected chi connectivity index (χ3v) is 6.45. The number of hydrogen-bond donors (Lipinski definition) is 1. The first-order valence-electron chi connectivity index (χ1n) is 9.63. The summed E-state index contributed by atoms with van der Waals surface area (Å²) in [6.07, 6.45) is 1.97. The molecule has 1 aliphatic rings. The molecule has 0 saturated carbocycles. The normalized spacial score (nSPS) is 15.6. The van der Waals surface area contributed by atoms with E-state index in [0.29, 0.717) is 31.4 Å². The van der Waals surface area contributed by atoms with Crippen molar-refractivity contribution in [1.29, 1.82) is 0 Å². The van der Waals surface area contributed by atoms with Crippen LogP contribution in [0.4, 0.5) is 4.79 Å². The molecule has 0 atom stereocenters. The highest BCUT2D eigenvalue weighted by Gasteiger charge is 2.26. The predicted octanol–water partition coefficient (Wildman–Crippen LogP) is 2.51. The monoisotopic (exact) mass is 418 g/mol. The highest BCUT2D eigenvalue weighted by molar-refractivity contribution is 7.90. The minimum Gasteiger partial charge on any atom is -0.465 e. The van der Waals surface area contributed by atoms with Gasteiger partial charge in [-0.3, -0.25) is 4.90 Å². The van der Waals surface area contributed by atoms with Crippen molar-refractivity contribution in [2.24, 2.45) is 0 Å². The molecule has 1 N–H and O–H groups in total. The fourth-order valence-electron chi connectivity index (χ4n) is 3.60. The Bertz CT molecular complexity index is 937. The lowest BCUT2D eigenvalue weighted by molar-refractivity contribution is 0.0932. The van der Waals surface area contributed by atoms with E-state index in [-0.39, 0.29) is 4.90 Å². The number of carbonyl (C=O) groups is 1. The predicted molar refractivity (Wildman–Crippen MR) is 109 cm³/mol. The fraction of sp³-hybridized carbons (Fsp3) is 0.450. The third kappa shape index (κ3) is 5.30. The van der Waals surface area contributed by atoms with Crippen LogP contribution >= 0.6 is 0 Å². The molecule has 2 heterocycles. The molecule has 156 valence electrons. The summed E-state index contributed by atoms with van der Waals surface area (Å²) in [4.78, 5) is 15.1. The lowest BCUT2D eigenvalue weighted by Gasteiger charge is -2.36. The maximum atomic E-state index is 11.6. The van der Waals surface area contributed by atoms with E-state index in [1.165, 1.54) is 11.2 Å². The minimum atomic E-state index is -3.22. The van der Waals surface area contributed by atoms with Crippen LogP contribution in [0.15, 0.2) is 41.3 Å². The number of carboxylic acid groups (broad SMARTS) is 1. The lowest BCUT2D eigenvalue weighted by Crippen LogP contribution is -2.46. The van der Waals surface area contributed by atoms with Crippen LogP contribution in [0, 0.1) is 0 Å². The highest BCUT2D eigenvalue weighted by Crippen LogP contribution is 2.21. The zero-order chi connectivity index (χ0) is 21.0. The number of benzene rings is 1. The number of piperidine rings is 1. The van der Waals surface area contributed by atoms with Crippen molar-refractivity contribution in [2.75, 3.05) is 25.9 Å². The van der Waals surface area contributed by atoms with Crippen LogP contribution in [0.3, 0.4) is 0 Å². The molecular weight excluding hydrogens is 392 g/mol. The van der Waals surface area contributed by atoms with E-state index in [1.54, 1.807) is 24.3 Å². The molecule has 0 bridgehead atoms. The van der Waals surface area contributed by atoms with Gasteiger partial charge < -0.3 is 10.0 Å². The van der Waals surface area contributed by atoms with Crippen LogP contribution in [0.1, 0.15) is 25.5 Å². The van der Waals surface area contributed by atoms with E-state index in [1.807, 2.05) is 12.1 Å². The Morgan fingerprint density at radius 3 is 2.28 bits per heavy atom. The molecule has 0 spiro atoms. The number of sulfone groups is 1. The standard InChI is InChI=1S/C20H26N4O4S/c1-3-23(17-10-12-24(13-11-17)20(25)26)14-16-6-9-19(22-21-16)15-4-7-18(8-5-15)29(2,27)28/h4-9,17H,3,10-14H2,1-2H3,(H,25,26). The maximum absolute atomic E-state index is 11.6. The molecule has 9 heteroatoms. The summed E-state index contributed by atoms with van der Waals surface area (Å²) >= 11 is 0. The number of amides is 1. The second-order valence-electron chi connectivity index (χ2n) is 7.27. The van der Waals surface area contributed by atoms with Gasteiger partial charge in [0.15, 0.2) is 9.84 Å². The third-order valence-electron chi connectivity index (χ3n) is 5.32. The largest absolute Gasteiger partial charge is 0.465 e. The van der Waals surface area contributed by atoms with E-state index in [0.717, 1.165) is 30.6 Å². The molecule has 0 radical (unpaired) electrons. The van der Waals surface area contributed by atoms with E-state index >= 15 is 0 Å². The van der Waals surface area contributed by atoms with Crippen LogP contribution < -0.4 is 0 Å². The average Bonchev–Trinajstić information content (AvgIpc) is 2.72. The molecule has 1 saturated heterocycles. The quantitative estimate of drug-likeness (QED) is 0.769. The highest BCUT2D eigenvalue weighted by atomic mass is 32.2. The van der Waals surface area contributed by atoms with Crippen molar-refractivity contribution < 1.29 is 18.3 Å². The molecule has 2 aromatic rings. The number of likely N-dealkylation sites (tertiary alicyclic amines) is 1. The van der Waals surface area contributed by atoms with Crippen LogP contribution in [0.25, 0.3) is 11.3 Å². The van der Waals surface area contributed by atoms with Gasteiger partial charge in [0.05, 0.1) is 16.3 Å². The van der Waals surface area contributed by atoms with Crippen molar-refractivity contribution in [3.8, 4) is 11.3 Å². The smallest absolute Gasteiger partial charge is 0.407 e. The van der Waals surface area contributed by atoms with Crippen molar-refractivity contribution >= 4 is 15.9 Å². The molecule has 1 fully saturated rings. The van der Waals surface area contributed by atoms with E-state index in [4.69, 9.17) is 5.11 Å². The maximum Gasteiger partial charge on any atom is 0.407 e. The summed E-state index contributed by atoms with van der Waals surface area (Å²) in [7, 11) is -3.22. The SMILES string of the molecule is CCN(Cc1ccc(-c2ccc(S(C)(=O)=O)cc2)nn1)C1CCN(C(=O)O)CC1. The van der Waals surface area contributed by atoms with Crippen LogP contribution in [-0.2, 0) is 16.4 Å². The number of nitrogens with zero attached hydrogens (tertiary/aromatic N) is 4. The van der Waals surface area contributed by atoms with E-state index in [2.05, 4.69) is 22.0 Å². The van der Waals surface area contributed by atoms with Gasteiger partial charge in [-0.1, -0.05) is 19.1 Å². The molecular formula is C20H26N4O4S. The lowest BCUT2D eigenvalue weighted by atomic mass is 10.0. The molecule has 0 aliphatic carbocycles. The summed E-state index contributed by atoms with van der Waals surface area (Å²) in [6.45, 7) is 4.73. The van der Waals surface area contributed by atoms with Gasteiger partial charge in [-0.25, -0.2) is 13.2 Å². The van der Waals surface area contributed by atoms with Crippen LogP contribution in [-0.4, -0.2) is 71.5 Å². The van der Waals surface area contributed by atoms with Crippen molar-refractivity contribution in [3.63, 3.8) is 0 Å². The molecule has 8 nitrogen and oxygen atoms in total.